The largest absolute Gasteiger partial charge is 0.378 e. The van der Waals surface area contributed by atoms with Crippen molar-refractivity contribution < 1.29 is 4.74 Å². The first kappa shape index (κ1) is 20.2. The van der Waals surface area contributed by atoms with E-state index >= 15 is 0 Å². The molecule has 0 unspecified atom stereocenters. The van der Waals surface area contributed by atoms with Gasteiger partial charge in [0.05, 0.1) is 18.3 Å². The van der Waals surface area contributed by atoms with E-state index in [1.54, 1.807) is 11.3 Å². The van der Waals surface area contributed by atoms with Crippen LogP contribution in [0.25, 0.3) is 0 Å². The molecule has 1 fully saturated rings. The van der Waals surface area contributed by atoms with E-state index in [0.717, 1.165) is 42.8 Å². The molecule has 0 aliphatic heterocycles. The fourth-order valence-corrected chi connectivity index (χ4v) is 3.79. The maximum absolute atomic E-state index is 5.97. The maximum atomic E-state index is 5.97. The lowest BCUT2D eigenvalue weighted by Gasteiger charge is -2.22. The van der Waals surface area contributed by atoms with Gasteiger partial charge < -0.3 is 15.4 Å². The van der Waals surface area contributed by atoms with Crippen molar-refractivity contribution in [3.63, 3.8) is 0 Å². The number of aromatic nitrogens is 1. The molecule has 1 aromatic heterocycles. The van der Waals surface area contributed by atoms with Crippen molar-refractivity contribution in [2.45, 2.75) is 77.9 Å². The summed E-state index contributed by atoms with van der Waals surface area (Å²) in [6, 6.07) is 0. The first-order chi connectivity index (χ1) is 12.2. The first-order valence-electron chi connectivity index (χ1n) is 9.77. The summed E-state index contributed by atoms with van der Waals surface area (Å²) in [6.45, 7) is 9.63. The fourth-order valence-electron chi connectivity index (χ4n) is 2.91. The number of thiazole rings is 1. The molecular formula is C19H34N4OS. The molecule has 1 aliphatic rings. The van der Waals surface area contributed by atoms with Crippen LogP contribution >= 0.6 is 11.3 Å². The smallest absolute Gasteiger partial charge is 0.191 e. The van der Waals surface area contributed by atoms with Crippen molar-refractivity contribution in [3.05, 3.63) is 16.1 Å². The highest BCUT2D eigenvalue weighted by atomic mass is 32.1. The van der Waals surface area contributed by atoms with E-state index in [4.69, 9.17) is 4.74 Å². The molecule has 1 heterocycles. The normalized spacial score (nSPS) is 16.4. The highest BCUT2D eigenvalue weighted by Crippen LogP contribution is 2.20. The van der Waals surface area contributed by atoms with Gasteiger partial charge in [-0.25, -0.2) is 9.98 Å². The third kappa shape index (κ3) is 7.74. The van der Waals surface area contributed by atoms with Crippen molar-refractivity contribution >= 4 is 17.3 Å². The topological polar surface area (TPSA) is 58.5 Å². The van der Waals surface area contributed by atoms with Crippen LogP contribution in [0.4, 0.5) is 0 Å². The van der Waals surface area contributed by atoms with Crippen LogP contribution in [0.15, 0.2) is 10.4 Å². The molecule has 0 bridgehead atoms. The van der Waals surface area contributed by atoms with Crippen LogP contribution in [0, 0.1) is 0 Å². The Bertz CT molecular complexity index is 509. The van der Waals surface area contributed by atoms with E-state index in [1.807, 2.05) is 0 Å². The Kier molecular flexibility index (Phi) is 9.26. The lowest BCUT2D eigenvalue weighted by Crippen LogP contribution is -2.38. The van der Waals surface area contributed by atoms with Gasteiger partial charge in [0.15, 0.2) is 5.96 Å². The maximum Gasteiger partial charge on any atom is 0.191 e. The number of aliphatic imine (C=N–C) groups is 1. The van der Waals surface area contributed by atoms with Crippen LogP contribution in [0.3, 0.4) is 0 Å². The lowest BCUT2D eigenvalue weighted by molar-refractivity contribution is 0.0277. The number of guanidine groups is 1. The third-order valence-electron chi connectivity index (χ3n) is 4.40. The molecule has 1 aromatic rings. The molecule has 25 heavy (non-hydrogen) atoms. The summed E-state index contributed by atoms with van der Waals surface area (Å²) in [5.74, 6) is 1.34. The van der Waals surface area contributed by atoms with Gasteiger partial charge in [-0.05, 0) is 32.1 Å². The second-order valence-electron chi connectivity index (χ2n) is 6.93. The van der Waals surface area contributed by atoms with Crippen LogP contribution in [-0.2, 0) is 11.3 Å². The van der Waals surface area contributed by atoms with Gasteiger partial charge in [0.2, 0.25) is 0 Å². The van der Waals surface area contributed by atoms with Gasteiger partial charge in [0.1, 0.15) is 5.01 Å². The van der Waals surface area contributed by atoms with E-state index in [-0.39, 0.29) is 0 Å². The number of nitrogens with one attached hydrogen (secondary N) is 2. The zero-order valence-corrected chi connectivity index (χ0v) is 16.8. The molecule has 6 heteroatoms. The first-order valence-corrected chi connectivity index (χ1v) is 10.6. The van der Waals surface area contributed by atoms with Crippen molar-refractivity contribution in [1.29, 1.82) is 0 Å². The van der Waals surface area contributed by atoms with Gasteiger partial charge in [-0.3, -0.25) is 0 Å². The zero-order chi connectivity index (χ0) is 17.9. The van der Waals surface area contributed by atoms with Gasteiger partial charge in [-0.15, -0.1) is 11.3 Å². The molecular weight excluding hydrogens is 332 g/mol. The second-order valence-corrected chi connectivity index (χ2v) is 7.87. The zero-order valence-electron chi connectivity index (χ0n) is 16.0. The van der Waals surface area contributed by atoms with Crippen LogP contribution in [0.1, 0.15) is 75.9 Å². The van der Waals surface area contributed by atoms with Crippen molar-refractivity contribution in [2.75, 3.05) is 19.7 Å². The molecule has 142 valence electrons. The summed E-state index contributed by atoms with van der Waals surface area (Å²) < 4.78 is 5.97. The van der Waals surface area contributed by atoms with Crippen LogP contribution < -0.4 is 10.6 Å². The average molecular weight is 367 g/mol. The highest BCUT2D eigenvalue weighted by molar-refractivity contribution is 7.09. The fraction of sp³-hybridized carbons (Fsp3) is 0.789. The van der Waals surface area contributed by atoms with Gasteiger partial charge in [0.25, 0.3) is 0 Å². The Hall–Kier alpha value is -1.14. The third-order valence-corrected chi connectivity index (χ3v) is 5.25. The standard InChI is InChI=1S/C19H34N4OS/c1-4-20-19(22-13-18-23-17(14-25-18)15(2)3)21-11-8-12-24-16-9-6-5-7-10-16/h14-16H,4-13H2,1-3H3,(H2,20,21,22). The minimum absolute atomic E-state index is 0.476. The second kappa shape index (κ2) is 11.5. The summed E-state index contributed by atoms with van der Waals surface area (Å²) in [5, 5.41) is 9.90. The van der Waals surface area contributed by atoms with Crippen LogP contribution in [-0.4, -0.2) is 36.7 Å². The molecule has 0 atom stereocenters. The number of nitrogens with zero attached hydrogens (tertiary/aromatic N) is 2. The summed E-state index contributed by atoms with van der Waals surface area (Å²) >= 11 is 1.69. The van der Waals surface area contributed by atoms with Gasteiger partial charge in [-0.1, -0.05) is 33.1 Å². The minimum Gasteiger partial charge on any atom is -0.378 e. The Balaban J connectivity index is 1.67. The number of hydrogen-bond donors (Lipinski definition) is 2. The SMILES string of the molecule is CCNC(=NCc1nc(C(C)C)cs1)NCCCOC1CCCCC1. The number of rotatable bonds is 9. The lowest BCUT2D eigenvalue weighted by atomic mass is 9.98. The van der Waals surface area contributed by atoms with E-state index in [9.17, 15) is 0 Å². The van der Waals surface area contributed by atoms with Crippen molar-refractivity contribution in [2.24, 2.45) is 4.99 Å². The summed E-state index contributed by atoms with van der Waals surface area (Å²) in [4.78, 5) is 9.28. The summed E-state index contributed by atoms with van der Waals surface area (Å²) in [7, 11) is 0. The Morgan fingerprint density at radius 1 is 1.32 bits per heavy atom. The molecule has 5 nitrogen and oxygen atoms in total. The average Bonchev–Trinajstić information content (AvgIpc) is 3.09. The van der Waals surface area contributed by atoms with Crippen molar-refractivity contribution in [3.8, 4) is 0 Å². The highest BCUT2D eigenvalue weighted by Gasteiger charge is 2.13. The number of ether oxygens (including phenoxy) is 1. The van der Waals surface area contributed by atoms with Crippen LogP contribution in [0.5, 0.6) is 0 Å². The van der Waals surface area contributed by atoms with E-state index in [1.165, 1.54) is 32.1 Å². The van der Waals surface area contributed by atoms with Gasteiger partial charge in [0, 0.05) is 25.1 Å². The quantitative estimate of drug-likeness (QED) is 0.393. The molecule has 0 radical (unpaired) electrons. The monoisotopic (exact) mass is 366 g/mol. The van der Waals surface area contributed by atoms with Crippen LogP contribution in [0.2, 0.25) is 0 Å². The molecule has 0 saturated heterocycles. The van der Waals surface area contributed by atoms with E-state index in [0.29, 0.717) is 18.6 Å². The Morgan fingerprint density at radius 2 is 2.12 bits per heavy atom. The molecule has 2 rings (SSSR count). The number of hydrogen-bond acceptors (Lipinski definition) is 4. The Morgan fingerprint density at radius 3 is 2.80 bits per heavy atom. The minimum atomic E-state index is 0.476. The van der Waals surface area contributed by atoms with Crippen molar-refractivity contribution in [1.82, 2.24) is 15.6 Å². The summed E-state index contributed by atoms with van der Waals surface area (Å²) in [6.07, 6.45) is 8.02. The molecule has 2 N–H and O–H groups in total. The molecule has 0 aromatic carbocycles. The predicted octanol–water partition coefficient (Wildman–Crippen LogP) is 4.06. The van der Waals surface area contributed by atoms with E-state index < -0.39 is 0 Å². The predicted molar refractivity (Wildman–Crippen MR) is 106 cm³/mol. The Labute approximate surface area is 156 Å². The summed E-state index contributed by atoms with van der Waals surface area (Å²) in [5.41, 5.74) is 1.16. The molecule has 0 spiro atoms. The molecule has 0 amide bonds. The van der Waals surface area contributed by atoms with Gasteiger partial charge >= 0.3 is 0 Å². The molecule has 1 aliphatic carbocycles. The van der Waals surface area contributed by atoms with E-state index in [2.05, 4.69) is 46.8 Å². The van der Waals surface area contributed by atoms with Gasteiger partial charge in [-0.2, -0.15) is 0 Å². The molecule has 1 saturated carbocycles.